The normalized spacial score (nSPS) is 20.2. The van der Waals surface area contributed by atoms with E-state index in [4.69, 9.17) is 0 Å². The van der Waals surface area contributed by atoms with E-state index < -0.39 is 10.0 Å². The Labute approximate surface area is 151 Å². The summed E-state index contributed by atoms with van der Waals surface area (Å²) < 4.78 is 26.1. The van der Waals surface area contributed by atoms with Crippen molar-refractivity contribution < 1.29 is 13.2 Å². The van der Waals surface area contributed by atoms with Crippen molar-refractivity contribution in [1.82, 2.24) is 9.62 Å². The van der Waals surface area contributed by atoms with Gasteiger partial charge in [-0.05, 0) is 38.2 Å². The number of carbonyl (C=O) groups excluding carboxylic acids is 1. The van der Waals surface area contributed by atoms with Gasteiger partial charge in [0.05, 0.1) is 17.7 Å². The standard InChI is InChI=1S/C19H30N2O3S/c1-4-13-25(23,24)21-12-6-7-17(14-21)19(22)20-18(5-2)16-10-8-15(3)9-11-16/h8-11,17-18H,4-7,12-14H2,1-3H3,(H,20,22)/t17-,18-/m1/s1. The van der Waals surface area contributed by atoms with Gasteiger partial charge in [0.2, 0.25) is 15.9 Å². The highest BCUT2D eigenvalue weighted by Crippen LogP contribution is 2.23. The van der Waals surface area contributed by atoms with Crippen molar-refractivity contribution in [2.24, 2.45) is 5.92 Å². The predicted octanol–water partition coefficient (Wildman–Crippen LogP) is 3.01. The number of hydrogen-bond acceptors (Lipinski definition) is 3. The molecule has 2 rings (SSSR count). The molecule has 0 saturated carbocycles. The summed E-state index contributed by atoms with van der Waals surface area (Å²) in [4.78, 5) is 12.7. The number of hydrogen-bond donors (Lipinski definition) is 1. The van der Waals surface area contributed by atoms with E-state index in [2.05, 4.69) is 5.32 Å². The third-order valence-electron chi connectivity index (χ3n) is 4.81. The first-order valence-corrected chi connectivity index (χ1v) is 10.8. The van der Waals surface area contributed by atoms with E-state index in [1.165, 1.54) is 9.87 Å². The number of carbonyl (C=O) groups is 1. The molecule has 0 radical (unpaired) electrons. The van der Waals surface area contributed by atoms with Crippen molar-refractivity contribution in [2.45, 2.75) is 52.5 Å². The van der Waals surface area contributed by atoms with Gasteiger partial charge in [-0.25, -0.2) is 12.7 Å². The predicted molar refractivity (Wildman–Crippen MR) is 101 cm³/mol. The van der Waals surface area contributed by atoms with Crippen molar-refractivity contribution in [3.63, 3.8) is 0 Å². The summed E-state index contributed by atoms with van der Waals surface area (Å²) in [5.41, 5.74) is 2.28. The van der Waals surface area contributed by atoms with E-state index >= 15 is 0 Å². The van der Waals surface area contributed by atoms with Crippen molar-refractivity contribution in [3.8, 4) is 0 Å². The van der Waals surface area contributed by atoms with Gasteiger partial charge in [0, 0.05) is 13.1 Å². The minimum atomic E-state index is -3.24. The molecule has 1 N–H and O–H groups in total. The summed E-state index contributed by atoms with van der Waals surface area (Å²) in [5.74, 6) is -0.147. The Morgan fingerprint density at radius 2 is 1.96 bits per heavy atom. The molecule has 1 aromatic rings. The molecule has 2 atom stereocenters. The fourth-order valence-corrected chi connectivity index (χ4v) is 4.89. The number of aryl methyl sites for hydroxylation is 1. The molecule has 140 valence electrons. The van der Waals surface area contributed by atoms with Crippen molar-refractivity contribution >= 4 is 15.9 Å². The quantitative estimate of drug-likeness (QED) is 0.807. The maximum Gasteiger partial charge on any atom is 0.224 e. The number of amides is 1. The van der Waals surface area contributed by atoms with Gasteiger partial charge in [-0.15, -0.1) is 0 Å². The summed E-state index contributed by atoms with van der Waals surface area (Å²) in [7, 11) is -3.24. The summed E-state index contributed by atoms with van der Waals surface area (Å²) >= 11 is 0. The van der Waals surface area contributed by atoms with Crippen molar-refractivity contribution in [1.29, 1.82) is 0 Å². The van der Waals surface area contributed by atoms with Gasteiger partial charge in [0.15, 0.2) is 0 Å². The topological polar surface area (TPSA) is 66.5 Å². The first-order valence-electron chi connectivity index (χ1n) is 9.22. The van der Waals surface area contributed by atoms with Crippen LogP contribution >= 0.6 is 0 Å². The number of nitrogens with zero attached hydrogens (tertiary/aromatic N) is 1. The molecule has 0 aromatic heterocycles. The third-order valence-corrected chi connectivity index (χ3v) is 6.86. The molecule has 5 nitrogen and oxygen atoms in total. The smallest absolute Gasteiger partial charge is 0.224 e. The van der Waals surface area contributed by atoms with Crippen LogP contribution in [0.2, 0.25) is 0 Å². The Hall–Kier alpha value is -1.40. The van der Waals surface area contributed by atoms with Crippen LogP contribution in [0.5, 0.6) is 0 Å². The van der Waals surface area contributed by atoms with Crippen LogP contribution in [-0.2, 0) is 14.8 Å². The fraction of sp³-hybridized carbons (Fsp3) is 0.632. The molecule has 0 unspecified atom stereocenters. The molecule has 1 aliphatic heterocycles. The molecule has 0 spiro atoms. The SMILES string of the molecule is CCCS(=O)(=O)N1CCC[C@@H](C(=O)N[C@H](CC)c2ccc(C)cc2)C1. The molecule has 1 amide bonds. The average molecular weight is 367 g/mol. The Morgan fingerprint density at radius 3 is 2.56 bits per heavy atom. The molecule has 0 aliphatic carbocycles. The van der Waals surface area contributed by atoms with Crippen LogP contribution in [0.3, 0.4) is 0 Å². The van der Waals surface area contributed by atoms with Crippen LogP contribution in [0.1, 0.15) is 56.7 Å². The maximum atomic E-state index is 12.7. The zero-order chi connectivity index (χ0) is 18.4. The molecule has 25 heavy (non-hydrogen) atoms. The lowest BCUT2D eigenvalue weighted by molar-refractivity contribution is -0.126. The second kappa shape index (κ2) is 8.81. The fourth-order valence-electron chi connectivity index (χ4n) is 3.31. The zero-order valence-corrected chi connectivity index (χ0v) is 16.3. The first-order chi connectivity index (χ1) is 11.9. The molecule has 0 bridgehead atoms. The molecular weight excluding hydrogens is 336 g/mol. The molecular formula is C19H30N2O3S. The molecule has 1 fully saturated rings. The average Bonchev–Trinajstić information content (AvgIpc) is 2.60. The van der Waals surface area contributed by atoms with Crippen LogP contribution in [0.4, 0.5) is 0 Å². The molecule has 1 heterocycles. The van der Waals surface area contributed by atoms with Crippen molar-refractivity contribution in [2.75, 3.05) is 18.8 Å². The summed E-state index contributed by atoms with van der Waals surface area (Å²) in [6.45, 7) is 6.78. The highest BCUT2D eigenvalue weighted by atomic mass is 32.2. The van der Waals surface area contributed by atoms with Crippen LogP contribution < -0.4 is 5.32 Å². The minimum absolute atomic E-state index is 0.0317. The Kier molecular flexibility index (Phi) is 7.02. The lowest BCUT2D eigenvalue weighted by Crippen LogP contribution is -2.46. The number of rotatable bonds is 7. The van der Waals surface area contributed by atoms with Gasteiger partial charge in [-0.3, -0.25) is 4.79 Å². The van der Waals surface area contributed by atoms with Gasteiger partial charge in [0.25, 0.3) is 0 Å². The summed E-state index contributed by atoms with van der Waals surface area (Å²) in [6.07, 6.45) is 2.89. The van der Waals surface area contributed by atoms with E-state index in [0.717, 1.165) is 24.8 Å². The second-order valence-corrected chi connectivity index (χ2v) is 8.98. The Balaban J connectivity index is 2.02. The molecule has 1 aliphatic rings. The van der Waals surface area contributed by atoms with E-state index in [0.29, 0.717) is 19.5 Å². The van der Waals surface area contributed by atoms with Gasteiger partial charge < -0.3 is 5.32 Å². The number of nitrogens with one attached hydrogen (secondary N) is 1. The number of sulfonamides is 1. The van der Waals surface area contributed by atoms with Crippen molar-refractivity contribution in [3.05, 3.63) is 35.4 Å². The van der Waals surface area contributed by atoms with E-state index in [9.17, 15) is 13.2 Å². The largest absolute Gasteiger partial charge is 0.349 e. The summed E-state index contributed by atoms with van der Waals surface area (Å²) in [5, 5.41) is 3.12. The minimum Gasteiger partial charge on any atom is -0.349 e. The Morgan fingerprint density at radius 1 is 1.28 bits per heavy atom. The molecule has 1 saturated heterocycles. The summed E-state index contributed by atoms with van der Waals surface area (Å²) in [6, 6.07) is 8.15. The van der Waals surface area contributed by atoms with Crippen LogP contribution in [0.15, 0.2) is 24.3 Å². The highest BCUT2D eigenvalue weighted by Gasteiger charge is 2.32. The Bertz CT molecular complexity index is 670. The lowest BCUT2D eigenvalue weighted by atomic mass is 9.97. The number of piperidine rings is 1. The second-order valence-electron chi connectivity index (χ2n) is 6.89. The van der Waals surface area contributed by atoms with Gasteiger partial charge in [-0.1, -0.05) is 43.7 Å². The monoisotopic (exact) mass is 366 g/mol. The van der Waals surface area contributed by atoms with Gasteiger partial charge in [0.1, 0.15) is 0 Å². The molecule has 6 heteroatoms. The van der Waals surface area contributed by atoms with E-state index in [1.54, 1.807) is 0 Å². The number of benzene rings is 1. The van der Waals surface area contributed by atoms with Gasteiger partial charge in [-0.2, -0.15) is 0 Å². The maximum absolute atomic E-state index is 12.7. The lowest BCUT2D eigenvalue weighted by Gasteiger charge is -2.32. The van der Waals surface area contributed by atoms with E-state index in [1.807, 2.05) is 45.0 Å². The zero-order valence-electron chi connectivity index (χ0n) is 15.5. The highest BCUT2D eigenvalue weighted by molar-refractivity contribution is 7.89. The van der Waals surface area contributed by atoms with E-state index in [-0.39, 0.29) is 23.6 Å². The van der Waals surface area contributed by atoms with Crippen LogP contribution in [-0.4, -0.2) is 37.5 Å². The molecule has 1 aromatic carbocycles. The van der Waals surface area contributed by atoms with Crippen LogP contribution in [0.25, 0.3) is 0 Å². The third kappa shape index (κ3) is 5.28. The van der Waals surface area contributed by atoms with Crippen LogP contribution in [0, 0.1) is 12.8 Å². The first kappa shape index (κ1) is 19.9. The van der Waals surface area contributed by atoms with Gasteiger partial charge >= 0.3 is 0 Å².